The molecule has 1 fully saturated rings. The van der Waals surface area contributed by atoms with Gasteiger partial charge in [0.2, 0.25) is 0 Å². The molecule has 0 radical (unpaired) electrons. The van der Waals surface area contributed by atoms with Crippen molar-refractivity contribution in [3.63, 3.8) is 0 Å². The van der Waals surface area contributed by atoms with E-state index in [1.54, 1.807) is 37.3 Å². The van der Waals surface area contributed by atoms with Gasteiger partial charge in [-0.25, -0.2) is 4.79 Å². The Hall–Kier alpha value is -3.35. The van der Waals surface area contributed by atoms with Crippen molar-refractivity contribution in [1.29, 1.82) is 0 Å². The number of anilines is 2. The number of hydrogen-bond donors (Lipinski definition) is 2. The molecule has 7 heteroatoms. The molecular formula is C22H24N2O5. The molecule has 2 aromatic carbocycles. The monoisotopic (exact) mass is 396 g/mol. The van der Waals surface area contributed by atoms with E-state index < -0.39 is 5.97 Å². The normalized spacial score (nSPS) is 16.2. The van der Waals surface area contributed by atoms with Crippen molar-refractivity contribution in [2.75, 3.05) is 29.9 Å². The Morgan fingerprint density at radius 3 is 2.59 bits per heavy atom. The fourth-order valence-corrected chi connectivity index (χ4v) is 3.48. The predicted octanol–water partition coefficient (Wildman–Crippen LogP) is 3.42. The Labute approximate surface area is 169 Å². The number of amides is 1. The van der Waals surface area contributed by atoms with Crippen molar-refractivity contribution < 1.29 is 24.2 Å². The summed E-state index contributed by atoms with van der Waals surface area (Å²) >= 11 is 0. The summed E-state index contributed by atoms with van der Waals surface area (Å²) in [6.07, 6.45) is 1.55. The van der Waals surface area contributed by atoms with Crippen molar-refractivity contribution in [2.45, 2.75) is 19.8 Å². The maximum Gasteiger partial charge on any atom is 0.335 e. The van der Waals surface area contributed by atoms with Gasteiger partial charge >= 0.3 is 11.9 Å². The summed E-state index contributed by atoms with van der Waals surface area (Å²) in [4.78, 5) is 38.2. The second-order valence-electron chi connectivity index (χ2n) is 6.89. The van der Waals surface area contributed by atoms with Gasteiger partial charge in [0.1, 0.15) is 0 Å². The van der Waals surface area contributed by atoms with Crippen LogP contribution in [0.3, 0.4) is 0 Å². The molecule has 29 heavy (non-hydrogen) atoms. The highest BCUT2D eigenvalue weighted by atomic mass is 16.5. The number of carbonyl (C=O) groups is 3. The average Bonchev–Trinajstić information content (AvgIpc) is 2.74. The van der Waals surface area contributed by atoms with Gasteiger partial charge in [0, 0.05) is 18.7 Å². The van der Waals surface area contributed by atoms with Gasteiger partial charge in [-0.1, -0.05) is 18.2 Å². The molecular weight excluding hydrogens is 372 g/mol. The lowest BCUT2D eigenvalue weighted by molar-refractivity contribution is -0.148. The molecule has 0 saturated carbocycles. The number of hydrogen-bond acceptors (Lipinski definition) is 5. The number of piperidine rings is 1. The van der Waals surface area contributed by atoms with Gasteiger partial charge < -0.3 is 20.1 Å². The summed E-state index contributed by atoms with van der Waals surface area (Å²) in [6, 6.07) is 13.3. The van der Waals surface area contributed by atoms with E-state index in [-0.39, 0.29) is 23.4 Å². The zero-order valence-electron chi connectivity index (χ0n) is 16.3. The molecule has 1 saturated heterocycles. The number of rotatable bonds is 6. The maximum absolute atomic E-state index is 12.6. The first kappa shape index (κ1) is 20.4. The van der Waals surface area contributed by atoms with Crippen molar-refractivity contribution >= 4 is 29.2 Å². The minimum atomic E-state index is -1.07. The first-order chi connectivity index (χ1) is 14.0. The topological polar surface area (TPSA) is 95.9 Å². The predicted molar refractivity (Wildman–Crippen MR) is 109 cm³/mol. The van der Waals surface area contributed by atoms with E-state index in [9.17, 15) is 19.5 Å². The fraction of sp³-hybridized carbons (Fsp3) is 0.318. The van der Waals surface area contributed by atoms with Crippen LogP contribution in [0.4, 0.5) is 11.4 Å². The second-order valence-corrected chi connectivity index (χ2v) is 6.89. The number of carbonyl (C=O) groups excluding carboxylic acids is 2. The lowest BCUT2D eigenvalue weighted by Crippen LogP contribution is -2.39. The van der Waals surface area contributed by atoms with Crippen LogP contribution in [0.2, 0.25) is 0 Å². The number of benzene rings is 2. The van der Waals surface area contributed by atoms with Crippen LogP contribution in [0.25, 0.3) is 0 Å². The van der Waals surface area contributed by atoms with E-state index in [4.69, 9.17) is 4.74 Å². The van der Waals surface area contributed by atoms with Crippen LogP contribution in [0.5, 0.6) is 0 Å². The number of ether oxygens (including phenoxy) is 1. The van der Waals surface area contributed by atoms with Crippen LogP contribution in [0, 0.1) is 5.92 Å². The minimum Gasteiger partial charge on any atom is -0.478 e. The zero-order chi connectivity index (χ0) is 20.8. The Kier molecular flexibility index (Phi) is 6.49. The van der Waals surface area contributed by atoms with E-state index in [0.717, 1.165) is 12.8 Å². The number of aromatic carboxylic acids is 1. The second kappa shape index (κ2) is 9.23. The smallest absolute Gasteiger partial charge is 0.335 e. The average molecular weight is 396 g/mol. The third-order valence-electron chi connectivity index (χ3n) is 4.91. The third kappa shape index (κ3) is 4.93. The Bertz CT molecular complexity index is 897. The highest BCUT2D eigenvalue weighted by Crippen LogP contribution is 2.32. The quantitative estimate of drug-likeness (QED) is 0.727. The van der Waals surface area contributed by atoms with Gasteiger partial charge in [-0.3, -0.25) is 9.59 Å². The molecule has 0 spiro atoms. The zero-order valence-corrected chi connectivity index (χ0v) is 16.3. The lowest BCUT2D eigenvalue weighted by Gasteiger charge is -2.34. The molecule has 0 bridgehead atoms. The molecule has 152 valence electrons. The fourth-order valence-electron chi connectivity index (χ4n) is 3.48. The van der Waals surface area contributed by atoms with Crippen molar-refractivity contribution in [3.8, 4) is 0 Å². The van der Waals surface area contributed by atoms with Crippen LogP contribution < -0.4 is 10.2 Å². The van der Waals surface area contributed by atoms with Gasteiger partial charge in [-0.15, -0.1) is 0 Å². The van der Waals surface area contributed by atoms with Gasteiger partial charge in [-0.05, 0) is 50.1 Å². The molecule has 1 aliphatic rings. The van der Waals surface area contributed by atoms with Gasteiger partial charge in [0.15, 0.2) is 0 Å². The third-order valence-corrected chi connectivity index (χ3v) is 4.91. The van der Waals surface area contributed by atoms with Gasteiger partial charge in [-0.2, -0.15) is 0 Å². The summed E-state index contributed by atoms with van der Waals surface area (Å²) in [5.74, 6) is -1.88. The highest BCUT2D eigenvalue weighted by Gasteiger charge is 2.28. The van der Waals surface area contributed by atoms with E-state index in [1.807, 2.05) is 11.0 Å². The number of nitrogens with zero attached hydrogens (tertiary/aromatic N) is 1. The van der Waals surface area contributed by atoms with E-state index in [0.29, 0.717) is 36.6 Å². The van der Waals surface area contributed by atoms with Crippen molar-refractivity contribution in [1.82, 2.24) is 0 Å². The van der Waals surface area contributed by atoms with Crippen molar-refractivity contribution in [2.24, 2.45) is 5.92 Å². The van der Waals surface area contributed by atoms with Crippen LogP contribution in [-0.4, -0.2) is 42.6 Å². The van der Waals surface area contributed by atoms with E-state index in [1.165, 1.54) is 12.1 Å². The first-order valence-corrected chi connectivity index (χ1v) is 9.65. The summed E-state index contributed by atoms with van der Waals surface area (Å²) < 4.78 is 5.16. The minimum absolute atomic E-state index is 0.0797. The number of nitrogens with one attached hydrogen (secondary N) is 1. The van der Waals surface area contributed by atoms with Gasteiger partial charge in [0.05, 0.1) is 29.5 Å². The van der Waals surface area contributed by atoms with Crippen molar-refractivity contribution in [3.05, 3.63) is 59.7 Å². The molecule has 1 heterocycles. The van der Waals surface area contributed by atoms with Crippen LogP contribution in [0.1, 0.15) is 40.5 Å². The Morgan fingerprint density at radius 2 is 1.90 bits per heavy atom. The first-order valence-electron chi connectivity index (χ1n) is 9.65. The summed E-state index contributed by atoms with van der Waals surface area (Å²) in [5.41, 5.74) is 1.65. The number of carboxylic acids is 1. The lowest BCUT2D eigenvalue weighted by atomic mass is 9.97. The Balaban J connectivity index is 1.88. The number of carboxylic acid groups (broad SMARTS) is 1. The highest BCUT2D eigenvalue weighted by molar-refractivity contribution is 6.06. The van der Waals surface area contributed by atoms with E-state index >= 15 is 0 Å². The summed E-state index contributed by atoms with van der Waals surface area (Å²) in [7, 11) is 0. The maximum atomic E-state index is 12.6. The van der Waals surface area contributed by atoms with Crippen LogP contribution >= 0.6 is 0 Å². The number of esters is 1. The van der Waals surface area contributed by atoms with Gasteiger partial charge in [0.25, 0.3) is 5.91 Å². The molecule has 1 atom stereocenters. The summed E-state index contributed by atoms with van der Waals surface area (Å²) in [5, 5.41) is 12.2. The van der Waals surface area contributed by atoms with E-state index in [2.05, 4.69) is 5.32 Å². The standard InChI is InChI=1S/C22H24N2O5/c1-2-29-22(28)17-9-6-12-24(14-17)19-11-10-16(21(26)27)13-18(19)23-20(25)15-7-4-3-5-8-15/h3-5,7-8,10-11,13,17H,2,6,9,12,14H2,1H3,(H,23,25)(H,26,27)/t17-/m0/s1. The van der Waals surface area contributed by atoms with Crippen LogP contribution in [-0.2, 0) is 9.53 Å². The molecule has 0 aromatic heterocycles. The summed E-state index contributed by atoms with van der Waals surface area (Å²) in [6.45, 7) is 3.28. The molecule has 3 rings (SSSR count). The largest absolute Gasteiger partial charge is 0.478 e. The SMILES string of the molecule is CCOC(=O)[C@H]1CCCN(c2ccc(C(=O)O)cc2NC(=O)c2ccccc2)C1. The Morgan fingerprint density at radius 1 is 1.14 bits per heavy atom. The molecule has 7 nitrogen and oxygen atoms in total. The molecule has 2 aromatic rings. The molecule has 0 unspecified atom stereocenters. The molecule has 1 aliphatic heterocycles. The molecule has 2 N–H and O–H groups in total. The van der Waals surface area contributed by atoms with Crippen LogP contribution in [0.15, 0.2) is 48.5 Å². The molecule has 1 amide bonds. The molecule has 0 aliphatic carbocycles.